The van der Waals surface area contributed by atoms with Crippen LogP contribution >= 0.6 is 0 Å². The van der Waals surface area contributed by atoms with Crippen molar-refractivity contribution in [2.45, 2.75) is 18.2 Å². The van der Waals surface area contributed by atoms with Crippen LogP contribution in [0.15, 0.2) is 65.7 Å². The molecule has 102 valence electrons. The molecule has 0 bridgehead atoms. The largest absolute Gasteiger partial charge is 0.268 e. The minimum Gasteiger partial charge on any atom is -0.241 e. The van der Waals surface area contributed by atoms with E-state index in [0.29, 0.717) is 4.90 Å². The molecule has 0 amide bonds. The smallest absolute Gasteiger partial charge is 0.241 e. The lowest BCUT2D eigenvalue weighted by atomic mass is 10.1. The molecule has 20 heavy (non-hydrogen) atoms. The second-order valence-corrected chi connectivity index (χ2v) is 6.45. The molecule has 2 aromatic carbocycles. The van der Waals surface area contributed by atoms with E-state index < -0.39 is 10.0 Å². The molecule has 3 aromatic rings. The number of para-hydroxylation sites is 1. The van der Waals surface area contributed by atoms with Crippen LogP contribution in [-0.4, -0.2) is 12.4 Å². The average Bonchev–Trinajstić information content (AvgIpc) is 2.92. The lowest BCUT2D eigenvalue weighted by Gasteiger charge is -2.10. The number of fused-ring (bicyclic) bond motifs is 1. The molecule has 0 unspecified atom stereocenters. The fraction of sp³-hybridized carbons (Fsp3) is 0.125. The highest BCUT2D eigenvalue weighted by Crippen LogP contribution is 2.25. The van der Waals surface area contributed by atoms with Gasteiger partial charge >= 0.3 is 0 Å². The van der Waals surface area contributed by atoms with E-state index in [1.54, 1.807) is 30.5 Å². The first-order chi connectivity index (χ1) is 9.64. The van der Waals surface area contributed by atoms with Gasteiger partial charge in [-0.3, -0.25) is 0 Å². The van der Waals surface area contributed by atoms with Crippen molar-refractivity contribution < 1.29 is 8.42 Å². The van der Waals surface area contributed by atoms with Crippen molar-refractivity contribution >= 4 is 20.9 Å². The van der Waals surface area contributed by atoms with Crippen LogP contribution in [0.2, 0.25) is 0 Å². The Balaban J connectivity index is 2.31. The molecule has 0 saturated heterocycles. The van der Waals surface area contributed by atoms with Gasteiger partial charge in [0.05, 0.1) is 10.4 Å². The summed E-state index contributed by atoms with van der Waals surface area (Å²) in [4.78, 5) is 0.309. The number of hydrogen-bond donors (Lipinski definition) is 0. The van der Waals surface area contributed by atoms with E-state index in [1.807, 2.05) is 37.3 Å². The van der Waals surface area contributed by atoms with E-state index in [0.717, 1.165) is 22.9 Å². The van der Waals surface area contributed by atoms with Gasteiger partial charge in [-0.15, -0.1) is 0 Å². The van der Waals surface area contributed by atoms with Crippen LogP contribution in [0.5, 0.6) is 0 Å². The number of rotatable bonds is 3. The second-order valence-electron chi connectivity index (χ2n) is 4.64. The van der Waals surface area contributed by atoms with Crippen molar-refractivity contribution in [1.82, 2.24) is 3.97 Å². The summed E-state index contributed by atoms with van der Waals surface area (Å²) in [6, 6.07) is 16.2. The standard InChI is InChI=1S/C16H15NO2S/c1-2-13-7-6-8-14-11-12-17(16(13)14)20(18,19)15-9-4-3-5-10-15/h3-12H,2H2,1H3. The molecular formula is C16H15NO2S. The molecule has 1 aromatic heterocycles. The third kappa shape index (κ3) is 1.93. The topological polar surface area (TPSA) is 39.1 Å². The summed E-state index contributed by atoms with van der Waals surface area (Å²) in [7, 11) is -3.54. The van der Waals surface area contributed by atoms with E-state index in [-0.39, 0.29) is 0 Å². The number of aromatic nitrogens is 1. The van der Waals surface area contributed by atoms with Gasteiger partial charge in [0, 0.05) is 11.6 Å². The van der Waals surface area contributed by atoms with Gasteiger partial charge in [-0.1, -0.05) is 43.3 Å². The molecular weight excluding hydrogens is 270 g/mol. The van der Waals surface area contributed by atoms with Crippen LogP contribution in [0.4, 0.5) is 0 Å². The highest BCUT2D eigenvalue weighted by molar-refractivity contribution is 7.90. The normalized spacial score (nSPS) is 11.8. The predicted molar refractivity (Wildman–Crippen MR) is 80.3 cm³/mol. The third-order valence-electron chi connectivity index (χ3n) is 3.44. The minimum atomic E-state index is -3.54. The second kappa shape index (κ2) is 4.80. The van der Waals surface area contributed by atoms with Crippen molar-refractivity contribution in [3.8, 4) is 0 Å². The zero-order chi connectivity index (χ0) is 14.2. The Morgan fingerprint density at radius 1 is 0.950 bits per heavy atom. The van der Waals surface area contributed by atoms with Gasteiger partial charge in [0.2, 0.25) is 0 Å². The monoisotopic (exact) mass is 285 g/mol. The highest BCUT2D eigenvalue weighted by Gasteiger charge is 2.19. The average molecular weight is 285 g/mol. The molecule has 0 atom stereocenters. The van der Waals surface area contributed by atoms with Gasteiger partial charge in [0.15, 0.2) is 0 Å². The number of nitrogens with zero attached hydrogens (tertiary/aromatic N) is 1. The minimum absolute atomic E-state index is 0.309. The molecule has 1 heterocycles. The molecule has 0 saturated carbocycles. The highest BCUT2D eigenvalue weighted by atomic mass is 32.2. The van der Waals surface area contributed by atoms with Crippen LogP contribution in [0.1, 0.15) is 12.5 Å². The third-order valence-corrected chi connectivity index (χ3v) is 5.13. The van der Waals surface area contributed by atoms with Crippen LogP contribution in [0.3, 0.4) is 0 Å². The molecule has 0 aliphatic heterocycles. The van der Waals surface area contributed by atoms with Crippen molar-refractivity contribution in [3.63, 3.8) is 0 Å². The van der Waals surface area contributed by atoms with Crippen molar-refractivity contribution in [2.75, 3.05) is 0 Å². The maximum atomic E-state index is 12.7. The van der Waals surface area contributed by atoms with Gasteiger partial charge in [-0.25, -0.2) is 12.4 Å². The molecule has 4 heteroatoms. The van der Waals surface area contributed by atoms with Crippen molar-refractivity contribution in [1.29, 1.82) is 0 Å². The first-order valence-corrected chi connectivity index (χ1v) is 7.98. The molecule has 0 aliphatic rings. The Hall–Kier alpha value is -2.07. The van der Waals surface area contributed by atoms with Crippen LogP contribution in [0, 0.1) is 0 Å². The maximum Gasteiger partial charge on any atom is 0.268 e. The van der Waals surface area contributed by atoms with Crippen molar-refractivity contribution in [2.24, 2.45) is 0 Å². The van der Waals surface area contributed by atoms with Gasteiger partial charge in [-0.2, -0.15) is 0 Å². The van der Waals surface area contributed by atoms with Crippen LogP contribution in [-0.2, 0) is 16.4 Å². The molecule has 3 rings (SSSR count). The first kappa shape index (κ1) is 12.9. The van der Waals surface area contributed by atoms with Crippen LogP contribution in [0.25, 0.3) is 10.9 Å². The van der Waals surface area contributed by atoms with E-state index in [9.17, 15) is 8.42 Å². The first-order valence-electron chi connectivity index (χ1n) is 6.54. The molecule has 0 radical (unpaired) electrons. The number of aryl methyl sites for hydroxylation is 1. The van der Waals surface area contributed by atoms with E-state index in [2.05, 4.69) is 0 Å². The lowest BCUT2D eigenvalue weighted by molar-refractivity contribution is 0.589. The maximum absolute atomic E-state index is 12.7. The Kier molecular flexibility index (Phi) is 3.10. The Morgan fingerprint density at radius 3 is 2.40 bits per heavy atom. The van der Waals surface area contributed by atoms with E-state index >= 15 is 0 Å². The van der Waals surface area contributed by atoms with Gasteiger partial charge in [0.1, 0.15) is 0 Å². The summed E-state index contributed by atoms with van der Waals surface area (Å²) in [6.45, 7) is 2.03. The predicted octanol–water partition coefficient (Wildman–Crippen LogP) is 3.44. The zero-order valence-corrected chi connectivity index (χ0v) is 12.0. The summed E-state index contributed by atoms with van der Waals surface area (Å²) in [5, 5.41) is 0.948. The molecule has 3 nitrogen and oxygen atoms in total. The molecule has 0 N–H and O–H groups in total. The van der Waals surface area contributed by atoms with E-state index in [4.69, 9.17) is 0 Å². The van der Waals surface area contributed by atoms with E-state index in [1.165, 1.54) is 3.97 Å². The van der Waals surface area contributed by atoms with Gasteiger partial charge < -0.3 is 0 Å². The Labute approximate surface area is 118 Å². The summed E-state index contributed by atoms with van der Waals surface area (Å²) in [5.74, 6) is 0. The van der Waals surface area contributed by atoms with Crippen LogP contribution < -0.4 is 0 Å². The summed E-state index contributed by atoms with van der Waals surface area (Å²) < 4.78 is 26.9. The van der Waals surface area contributed by atoms with Gasteiger partial charge in [-0.05, 0) is 30.2 Å². The fourth-order valence-corrected chi connectivity index (χ4v) is 3.84. The molecule has 0 fully saturated rings. The molecule has 0 aliphatic carbocycles. The Morgan fingerprint density at radius 2 is 1.70 bits per heavy atom. The summed E-state index contributed by atoms with van der Waals surface area (Å²) >= 11 is 0. The van der Waals surface area contributed by atoms with Gasteiger partial charge in [0.25, 0.3) is 10.0 Å². The fourth-order valence-electron chi connectivity index (χ4n) is 2.43. The number of hydrogen-bond acceptors (Lipinski definition) is 2. The number of benzene rings is 2. The Bertz CT molecular complexity index is 849. The lowest BCUT2D eigenvalue weighted by Crippen LogP contribution is -2.12. The zero-order valence-electron chi connectivity index (χ0n) is 11.2. The molecule has 0 spiro atoms. The summed E-state index contributed by atoms with van der Waals surface area (Å²) in [5.41, 5.74) is 1.81. The quantitative estimate of drug-likeness (QED) is 0.739. The SMILES string of the molecule is CCc1cccc2ccn(S(=O)(=O)c3ccccc3)c12. The van der Waals surface area contributed by atoms with Crippen molar-refractivity contribution in [3.05, 3.63) is 66.4 Å². The summed E-state index contributed by atoms with van der Waals surface area (Å²) in [6.07, 6.45) is 2.43.